The number of carbonyl (C=O) groups excluding carboxylic acids is 1. The third kappa shape index (κ3) is 4.54. The van der Waals surface area contributed by atoms with Gasteiger partial charge in [0.05, 0.1) is 15.1 Å². The van der Waals surface area contributed by atoms with Crippen LogP contribution in [0.3, 0.4) is 0 Å². The lowest BCUT2D eigenvalue weighted by molar-refractivity contribution is -0.380. The quantitative estimate of drug-likeness (QED) is 0.184. The molecule has 0 spiro atoms. The minimum Gasteiger partial charge on any atom is -0.313 e. The van der Waals surface area contributed by atoms with Crippen molar-refractivity contribution in [3.63, 3.8) is 0 Å². The SMILES string of the molecule is CC(C)N1CCc2c(sc(NC(=O)C=Cc3ccc([N+](=O)[O-])s3)c2-c2nc3ccccc3s2)C1. The number of aromatic nitrogens is 1. The van der Waals surface area contributed by atoms with Crippen molar-refractivity contribution in [2.45, 2.75) is 32.9 Å². The molecular formula is C24H22N4O3S3. The van der Waals surface area contributed by atoms with Crippen LogP contribution in [0.15, 0.2) is 42.5 Å². The number of nitrogens with one attached hydrogen (secondary N) is 1. The summed E-state index contributed by atoms with van der Waals surface area (Å²) in [7, 11) is 0. The van der Waals surface area contributed by atoms with Crippen molar-refractivity contribution in [3.8, 4) is 10.6 Å². The summed E-state index contributed by atoms with van der Waals surface area (Å²) in [6, 6.07) is 11.6. The molecule has 0 saturated carbocycles. The summed E-state index contributed by atoms with van der Waals surface area (Å²) in [6.07, 6.45) is 3.95. The summed E-state index contributed by atoms with van der Waals surface area (Å²) in [5, 5.41) is 15.7. The zero-order valence-electron chi connectivity index (χ0n) is 18.6. The first kappa shape index (κ1) is 22.9. The van der Waals surface area contributed by atoms with Crippen LogP contribution in [-0.4, -0.2) is 33.3 Å². The number of nitrogens with zero attached hydrogens (tertiary/aromatic N) is 3. The number of hydrogen-bond donors (Lipinski definition) is 1. The van der Waals surface area contributed by atoms with Gasteiger partial charge in [-0.25, -0.2) is 4.98 Å². The molecule has 1 N–H and O–H groups in total. The Bertz CT molecular complexity index is 1380. The minimum atomic E-state index is -0.428. The highest BCUT2D eigenvalue weighted by atomic mass is 32.1. The number of thiazole rings is 1. The molecule has 1 aliphatic heterocycles. The van der Waals surface area contributed by atoms with Gasteiger partial charge >= 0.3 is 5.00 Å². The molecular weight excluding hydrogens is 488 g/mol. The first-order chi connectivity index (χ1) is 16.4. The minimum absolute atomic E-state index is 0.0545. The van der Waals surface area contributed by atoms with E-state index in [0.29, 0.717) is 10.9 Å². The lowest BCUT2D eigenvalue weighted by atomic mass is 10.0. The van der Waals surface area contributed by atoms with Gasteiger partial charge in [-0.1, -0.05) is 23.5 Å². The van der Waals surface area contributed by atoms with Crippen molar-refractivity contribution in [3.05, 3.63) is 67.9 Å². The molecule has 0 atom stereocenters. The molecule has 4 aromatic rings. The standard InChI is InChI=1S/C24H22N4O3S3/c1-14(2)27-12-11-16-19(13-27)34-24(22(16)23-25-17-5-3-4-6-18(17)33-23)26-20(29)9-7-15-8-10-21(32-15)28(30)31/h3-10,14H,11-13H2,1-2H3,(H,26,29). The third-order valence-electron chi connectivity index (χ3n) is 5.75. The van der Waals surface area contributed by atoms with Crippen LogP contribution in [0.1, 0.15) is 29.2 Å². The van der Waals surface area contributed by atoms with Crippen LogP contribution in [0, 0.1) is 10.1 Å². The molecule has 1 amide bonds. The Kier molecular flexibility index (Phi) is 6.30. The third-order valence-corrected chi connectivity index (χ3v) is 8.94. The zero-order valence-corrected chi connectivity index (χ0v) is 21.1. The van der Waals surface area contributed by atoms with E-state index in [1.165, 1.54) is 22.6 Å². The van der Waals surface area contributed by atoms with Gasteiger partial charge in [-0.2, -0.15) is 0 Å². The largest absolute Gasteiger partial charge is 0.324 e. The van der Waals surface area contributed by atoms with E-state index in [4.69, 9.17) is 4.98 Å². The smallest absolute Gasteiger partial charge is 0.313 e. The van der Waals surface area contributed by atoms with Crippen LogP contribution in [0.5, 0.6) is 0 Å². The van der Waals surface area contributed by atoms with Crippen molar-refractivity contribution in [2.24, 2.45) is 0 Å². The number of carbonyl (C=O) groups is 1. The first-order valence-electron chi connectivity index (χ1n) is 10.9. The van der Waals surface area contributed by atoms with Crippen LogP contribution in [0.25, 0.3) is 26.9 Å². The molecule has 0 fully saturated rings. The molecule has 3 aromatic heterocycles. The van der Waals surface area contributed by atoms with Crippen molar-refractivity contribution < 1.29 is 9.72 Å². The Morgan fingerprint density at radius 2 is 2.03 bits per heavy atom. The molecule has 5 rings (SSSR count). The van der Waals surface area contributed by atoms with E-state index in [0.717, 1.165) is 56.6 Å². The number of thiophene rings is 2. The molecule has 1 aliphatic rings. The summed E-state index contributed by atoms with van der Waals surface area (Å²) in [4.78, 5) is 32.5. The fourth-order valence-corrected chi connectivity index (χ4v) is 7.11. The number of hydrogen-bond acceptors (Lipinski definition) is 8. The van der Waals surface area contributed by atoms with Gasteiger partial charge < -0.3 is 5.32 Å². The highest BCUT2D eigenvalue weighted by molar-refractivity contribution is 7.23. The van der Waals surface area contributed by atoms with E-state index in [2.05, 4.69) is 30.1 Å². The second kappa shape index (κ2) is 9.38. The number of rotatable bonds is 6. The Balaban J connectivity index is 1.47. The Morgan fingerprint density at radius 1 is 1.21 bits per heavy atom. The highest BCUT2D eigenvalue weighted by Crippen LogP contribution is 2.45. The molecule has 4 heterocycles. The Labute approximate surface area is 208 Å². The van der Waals surface area contributed by atoms with Gasteiger partial charge in [0.15, 0.2) is 0 Å². The van der Waals surface area contributed by atoms with Gasteiger partial charge in [0.1, 0.15) is 10.0 Å². The number of amides is 1. The van der Waals surface area contributed by atoms with Crippen molar-refractivity contribution in [1.29, 1.82) is 0 Å². The maximum absolute atomic E-state index is 12.8. The van der Waals surface area contributed by atoms with Crippen LogP contribution in [-0.2, 0) is 17.8 Å². The zero-order chi connectivity index (χ0) is 23.8. The van der Waals surface area contributed by atoms with Crippen LogP contribution >= 0.6 is 34.0 Å². The predicted octanol–water partition coefficient (Wildman–Crippen LogP) is 6.41. The van der Waals surface area contributed by atoms with Crippen molar-refractivity contribution in [1.82, 2.24) is 9.88 Å². The monoisotopic (exact) mass is 510 g/mol. The van der Waals surface area contributed by atoms with Gasteiger partial charge in [-0.15, -0.1) is 22.7 Å². The van der Waals surface area contributed by atoms with Gasteiger partial charge in [0.2, 0.25) is 5.91 Å². The van der Waals surface area contributed by atoms with Crippen LogP contribution < -0.4 is 5.32 Å². The van der Waals surface area contributed by atoms with E-state index in [9.17, 15) is 14.9 Å². The second-order valence-electron chi connectivity index (χ2n) is 8.26. The van der Waals surface area contributed by atoms with Gasteiger partial charge in [0.25, 0.3) is 0 Å². The lowest BCUT2D eigenvalue weighted by Crippen LogP contribution is -2.35. The van der Waals surface area contributed by atoms with E-state index in [1.54, 1.807) is 34.8 Å². The van der Waals surface area contributed by atoms with Gasteiger partial charge in [-0.05, 0) is 50.1 Å². The van der Waals surface area contributed by atoms with E-state index >= 15 is 0 Å². The number of para-hydroxylation sites is 1. The molecule has 1 aromatic carbocycles. The van der Waals surface area contributed by atoms with Crippen LogP contribution in [0.2, 0.25) is 0 Å². The summed E-state index contributed by atoms with van der Waals surface area (Å²) in [5.41, 5.74) is 3.26. The summed E-state index contributed by atoms with van der Waals surface area (Å²) < 4.78 is 1.12. The maximum atomic E-state index is 12.8. The number of anilines is 1. The average molecular weight is 511 g/mol. The molecule has 10 heteroatoms. The first-order valence-corrected chi connectivity index (χ1v) is 13.3. The topological polar surface area (TPSA) is 88.4 Å². The summed E-state index contributed by atoms with van der Waals surface area (Å²) in [5.74, 6) is -0.266. The average Bonchev–Trinajstić information content (AvgIpc) is 3.53. The van der Waals surface area contributed by atoms with Crippen molar-refractivity contribution >= 4 is 66.2 Å². The summed E-state index contributed by atoms with van der Waals surface area (Å²) in [6.45, 7) is 6.24. The molecule has 0 unspecified atom stereocenters. The number of benzene rings is 1. The van der Waals surface area contributed by atoms with E-state index in [1.807, 2.05) is 18.2 Å². The maximum Gasteiger partial charge on any atom is 0.324 e. The van der Waals surface area contributed by atoms with Gasteiger partial charge in [-0.3, -0.25) is 19.8 Å². The molecule has 0 saturated heterocycles. The molecule has 7 nitrogen and oxygen atoms in total. The van der Waals surface area contributed by atoms with E-state index in [-0.39, 0.29) is 10.9 Å². The second-order valence-corrected chi connectivity index (χ2v) is 11.5. The Morgan fingerprint density at radius 3 is 2.76 bits per heavy atom. The molecule has 0 bridgehead atoms. The highest BCUT2D eigenvalue weighted by Gasteiger charge is 2.28. The Hall–Kier alpha value is -2.92. The van der Waals surface area contributed by atoms with E-state index < -0.39 is 4.92 Å². The van der Waals surface area contributed by atoms with Crippen molar-refractivity contribution in [2.75, 3.05) is 11.9 Å². The predicted molar refractivity (Wildman–Crippen MR) is 141 cm³/mol. The normalized spacial score (nSPS) is 14.2. The number of nitro groups is 1. The molecule has 174 valence electrons. The van der Waals surface area contributed by atoms with Gasteiger partial charge in [0, 0.05) is 46.6 Å². The molecule has 34 heavy (non-hydrogen) atoms. The molecule has 0 aliphatic carbocycles. The van der Waals surface area contributed by atoms with Crippen LogP contribution in [0.4, 0.5) is 10.0 Å². The fraction of sp³-hybridized carbons (Fsp3) is 0.250. The number of fused-ring (bicyclic) bond motifs is 2. The fourth-order valence-electron chi connectivity index (χ4n) is 4.00. The molecule has 0 radical (unpaired) electrons. The lowest BCUT2D eigenvalue weighted by Gasteiger charge is -2.30. The summed E-state index contributed by atoms with van der Waals surface area (Å²) >= 11 is 4.30.